The van der Waals surface area contributed by atoms with Crippen molar-refractivity contribution < 1.29 is 14.9 Å². The minimum Gasteiger partial charge on any atom is -0.508 e. The van der Waals surface area contributed by atoms with Crippen LogP contribution in [0.15, 0.2) is 24.3 Å². The molecule has 0 bridgehead atoms. The van der Waals surface area contributed by atoms with Crippen LogP contribution in [-0.2, 0) is 11.3 Å². The number of aromatic hydroxyl groups is 1. The van der Waals surface area contributed by atoms with Crippen molar-refractivity contribution in [1.82, 2.24) is 10.2 Å². The summed E-state index contributed by atoms with van der Waals surface area (Å²) < 4.78 is 5.71. The van der Waals surface area contributed by atoms with E-state index < -0.39 is 6.10 Å². The second-order valence-electron chi connectivity index (χ2n) is 5.46. The number of nitrogens with zero attached hydrogens (tertiary/aromatic N) is 1. The monoisotopic (exact) mass is 294 g/mol. The number of aliphatic hydroxyl groups is 1. The predicted molar refractivity (Wildman–Crippen MR) is 82.3 cm³/mol. The molecule has 1 aromatic carbocycles. The molecule has 1 saturated heterocycles. The number of para-hydroxylation sites is 1. The number of nitrogens with one attached hydrogen (secondary N) is 1. The smallest absolute Gasteiger partial charge is 0.120 e. The average Bonchev–Trinajstić information content (AvgIpc) is 2.84. The van der Waals surface area contributed by atoms with E-state index in [1.54, 1.807) is 12.1 Å². The lowest BCUT2D eigenvalue weighted by molar-refractivity contribution is 0.0170. The fraction of sp³-hybridized carbons (Fsp3) is 0.625. The van der Waals surface area contributed by atoms with E-state index in [1.165, 1.54) is 0 Å². The fourth-order valence-electron chi connectivity index (χ4n) is 2.66. The van der Waals surface area contributed by atoms with Crippen LogP contribution in [0.2, 0.25) is 0 Å². The molecular formula is C16H26N2O3. The van der Waals surface area contributed by atoms with Crippen LogP contribution >= 0.6 is 0 Å². The SMILES string of the molecule is CCN(CC)C[C@@H]1OC[C@H](NCc2ccccc2O)[C@H]1O. The van der Waals surface area contributed by atoms with Gasteiger partial charge in [0.25, 0.3) is 0 Å². The summed E-state index contributed by atoms with van der Waals surface area (Å²) in [5.41, 5.74) is 0.830. The summed E-state index contributed by atoms with van der Waals surface area (Å²) in [7, 11) is 0. The third kappa shape index (κ3) is 4.17. The summed E-state index contributed by atoms with van der Waals surface area (Å²) in [5.74, 6) is 0.276. The standard InChI is InChI=1S/C16H26N2O3/c1-3-18(4-2)10-15-16(20)13(11-21-15)17-9-12-7-5-6-8-14(12)19/h5-8,13,15-17,19-20H,3-4,9-11H2,1-2H3/t13-,15-,16+/m0/s1. The Kier molecular flexibility index (Phi) is 5.99. The van der Waals surface area contributed by atoms with Gasteiger partial charge in [0.15, 0.2) is 0 Å². The number of benzene rings is 1. The van der Waals surface area contributed by atoms with Crippen molar-refractivity contribution in [2.24, 2.45) is 0 Å². The number of rotatable bonds is 7. The van der Waals surface area contributed by atoms with Gasteiger partial charge in [-0.1, -0.05) is 32.0 Å². The highest BCUT2D eigenvalue weighted by Gasteiger charge is 2.36. The van der Waals surface area contributed by atoms with Gasteiger partial charge in [-0.25, -0.2) is 0 Å². The predicted octanol–water partition coefficient (Wildman–Crippen LogP) is 0.952. The van der Waals surface area contributed by atoms with Crippen molar-refractivity contribution >= 4 is 0 Å². The molecule has 2 rings (SSSR count). The number of likely N-dealkylation sites (N-methyl/N-ethyl adjacent to an activating group) is 1. The summed E-state index contributed by atoms with van der Waals surface area (Å²) in [6, 6.07) is 7.14. The van der Waals surface area contributed by atoms with Crippen LogP contribution in [-0.4, -0.2) is 59.6 Å². The van der Waals surface area contributed by atoms with E-state index in [0.717, 1.165) is 25.2 Å². The minimum atomic E-state index is -0.517. The molecule has 0 saturated carbocycles. The Morgan fingerprint density at radius 3 is 2.67 bits per heavy atom. The van der Waals surface area contributed by atoms with Gasteiger partial charge < -0.3 is 25.2 Å². The largest absolute Gasteiger partial charge is 0.508 e. The van der Waals surface area contributed by atoms with Gasteiger partial charge in [0.1, 0.15) is 5.75 Å². The maximum atomic E-state index is 10.4. The molecule has 5 heteroatoms. The highest BCUT2D eigenvalue weighted by molar-refractivity contribution is 5.31. The van der Waals surface area contributed by atoms with Crippen LogP contribution in [0.4, 0.5) is 0 Å². The number of aliphatic hydroxyl groups excluding tert-OH is 1. The molecule has 0 amide bonds. The summed E-state index contributed by atoms with van der Waals surface area (Å²) in [5, 5.41) is 23.4. The van der Waals surface area contributed by atoms with E-state index in [4.69, 9.17) is 4.74 Å². The lowest BCUT2D eigenvalue weighted by Crippen LogP contribution is -2.44. The molecule has 118 valence electrons. The van der Waals surface area contributed by atoms with Crippen LogP contribution in [0.5, 0.6) is 5.75 Å². The zero-order valence-electron chi connectivity index (χ0n) is 12.8. The Morgan fingerprint density at radius 1 is 1.29 bits per heavy atom. The average molecular weight is 294 g/mol. The van der Waals surface area contributed by atoms with Crippen molar-refractivity contribution in [1.29, 1.82) is 0 Å². The second kappa shape index (κ2) is 7.75. The molecule has 1 aromatic rings. The Labute approximate surface area is 126 Å². The third-order valence-corrected chi connectivity index (χ3v) is 4.16. The molecule has 1 fully saturated rings. The summed E-state index contributed by atoms with van der Waals surface area (Å²) in [6.07, 6.45) is -0.664. The molecule has 0 radical (unpaired) electrons. The molecule has 1 heterocycles. The lowest BCUT2D eigenvalue weighted by Gasteiger charge is -2.24. The molecule has 3 N–H and O–H groups in total. The second-order valence-corrected chi connectivity index (χ2v) is 5.46. The van der Waals surface area contributed by atoms with Crippen molar-refractivity contribution in [2.45, 2.75) is 38.6 Å². The number of phenols is 1. The molecular weight excluding hydrogens is 268 g/mol. The van der Waals surface area contributed by atoms with Gasteiger partial charge in [-0.2, -0.15) is 0 Å². The van der Waals surface area contributed by atoms with Crippen molar-refractivity contribution in [3.63, 3.8) is 0 Å². The van der Waals surface area contributed by atoms with Crippen LogP contribution < -0.4 is 5.32 Å². The van der Waals surface area contributed by atoms with E-state index in [-0.39, 0.29) is 17.9 Å². The van der Waals surface area contributed by atoms with E-state index in [1.807, 2.05) is 12.1 Å². The zero-order chi connectivity index (χ0) is 15.2. The minimum absolute atomic E-state index is 0.0924. The van der Waals surface area contributed by atoms with E-state index >= 15 is 0 Å². The summed E-state index contributed by atoms with van der Waals surface area (Å²) in [6.45, 7) is 7.91. The fourth-order valence-corrected chi connectivity index (χ4v) is 2.66. The Morgan fingerprint density at radius 2 is 2.00 bits per heavy atom. The first-order valence-corrected chi connectivity index (χ1v) is 7.68. The number of ether oxygens (including phenoxy) is 1. The molecule has 1 aliphatic rings. The molecule has 1 aliphatic heterocycles. The van der Waals surface area contributed by atoms with Crippen LogP contribution in [0.3, 0.4) is 0 Å². The van der Waals surface area contributed by atoms with Crippen molar-refractivity contribution in [3.8, 4) is 5.75 Å². The maximum Gasteiger partial charge on any atom is 0.120 e. The van der Waals surface area contributed by atoms with Crippen LogP contribution in [0.25, 0.3) is 0 Å². The lowest BCUT2D eigenvalue weighted by atomic mass is 10.1. The van der Waals surface area contributed by atoms with Gasteiger partial charge in [-0.05, 0) is 19.2 Å². The molecule has 0 spiro atoms. The summed E-state index contributed by atoms with van der Waals surface area (Å²) >= 11 is 0. The van der Waals surface area contributed by atoms with E-state index in [9.17, 15) is 10.2 Å². The highest BCUT2D eigenvalue weighted by Crippen LogP contribution is 2.19. The quantitative estimate of drug-likeness (QED) is 0.699. The number of hydrogen-bond acceptors (Lipinski definition) is 5. The van der Waals surface area contributed by atoms with Gasteiger partial charge in [0, 0.05) is 18.7 Å². The Hall–Kier alpha value is -1.14. The van der Waals surface area contributed by atoms with Gasteiger partial charge in [0.2, 0.25) is 0 Å². The normalized spacial score (nSPS) is 25.6. The van der Waals surface area contributed by atoms with Gasteiger partial charge in [-0.15, -0.1) is 0 Å². The number of phenolic OH excluding ortho intramolecular Hbond substituents is 1. The molecule has 0 unspecified atom stereocenters. The first-order chi connectivity index (χ1) is 10.2. The maximum absolute atomic E-state index is 10.4. The van der Waals surface area contributed by atoms with E-state index in [2.05, 4.69) is 24.1 Å². The molecule has 21 heavy (non-hydrogen) atoms. The van der Waals surface area contributed by atoms with Crippen LogP contribution in [0, 0.1) is 0 Å². The Balaban J connectivity index is 1.84. The molecule has 0 aromatic heterocycles. The van der Waals surface area contributed by atoms with Gasteiger partial charge in [-0.3, -0.25) is 0 Å². The van der Waals surface area contributed by atoms with Crippen molar-refractivity contribution in [3.05, 3.63) is 29.8 Å². The van der Waals surface area contributed by atoms with Gasteiger partial charge in [0.05, 0.1) is 24.9 Å². The highest BCUT2D eigenvalue weighted by atomic mass is 16.5. The van der Waals surface area contributed by atoms with Gasteiger partial charge >= 0.3 is 0 Å². The topological polar surface area (TPSA) is 65.0 Å². The van der Waals surface area contributed by atoms with Crippen LogP contribution in [0.1, 0.15) is 19.4 Å². The molecule has 0 aliphatic carbocycles. The summed E-state index contributed by atoms with van der Waals surface area (Å²) in [4.78, 5) is 2.25. The first-order valence-electron chi connectivity index (χ1n) is 7.68. The first kappa shape index (κ1) is 16.2. The number of hydrogen-bond donors (Lipinski definition) is 3. The Bertz CT molecular complexity index is 437. The molecule has 3 atom stereocenters. The molecule has 5 nitrogen and oxygen atoms in total. The van der Waals surface area contributed by atoms with Crippen molar-refractivity contribution in [2.75, 3.05) is 26.2 Å². The van der Waals surface area contributed by atoms with E-state index in [0.29, 0.717) is 13.2 Å². The third-order valence-electron chi connectivity index (χ3n) is 4.16. The zero-order valence-corrected chi connectivity index (χ0v) is 12.8.